The number of carbonyl (C=O) groups is 1. The van der Waals surface area contributed by atoms with Crippen molar-refractivity contribution in [2.45, 2.75) is 6.42 Å². The van der Waals surface area contributed by atoms with Crippen molar-refractivity contribution in [3.8, 4) is 0 Å². The van der Waals surface area contributed by atoms with Gasteiger partial charge in [0.2, 0.25) is 5.91 Å². The fraction of sp³-hybridized carbons (Fsp3) is 0.364. The van der Waals surface area contributed by atoms with Crippen molar-refractivity contribution in [3.05, 3.63) is 28.5 Å². The summed E-state index contributed by atoms with van der Waals surface area (Å²) in [6.07, 6.45) is 0.521. The second-order valence-electron chi connectivity index (χ2n) is 3.85. The lowest BCUT2D eigenvalue weighted by atomic mass is 10.1. The zero-order chi connectivity index (χ0) is 11.7. The maximum Gasteiger partial charge on any atom is 0.227 e. The molecule has 0 spiro atoms. The van der Waals surface area contributed by atoms with Crippen molar-refractivity contribution in [3.63, 3.8) is 0 Å². The summed E-state index contributed by atoms with van der Waals surface area (Å²) in [5.74, 6) is 0.744. The number of anilines is 1. The molecule has 1 atom stereocenters. The molecule has 2 rings (SSSR count). The molecular formula is C11H11BrFNOS. The Morgan fingerprint density at radius 2 is 2.31 bits per heavy atom. The maximum atomic E-state index is 12.9. The molecule has 1 unspecified atom stereocenters. The number of nitrogens with zero attached hydrogens (tertiary/aromatic N) is 1. The van der Waals surface area contributed by atoms with Crippen LogP contribution in [0.5, 0.6) is 0 Å². The third kappa shape index (κ3) is 2.25. The third-order valence-electron chi connectivity index (χ3n) is 2.66. The van der Waals surface area contributed by atoms with Gasteiger partial charge in [0.15, 0.2) is 0 Å². The molecule has 5 heteroatoms. The third-order valence-corrected chi connectivity index (χ3v) is 3.82. The van der Waals surface area contributed by atoms with Crippen molar-refractivity contribution in [2.24, 2.45) is 5.92 Å². The molecule has 1 aliphatic rings. The highest BCUT2D eigenvalue weighted by atomic mass is 79.9. The fourth-order valence-corrected chi connectivity index (χ4v) is 2.65. The highest BCUT2D eigenvalue weighted by Crippen LogP contribution is 2.32. The Morgan fingerprint density at radius 3 is 2.88 bits per heavy atom. The zero-order valence-electron chi connectivity index (χ0n) is 8.49. The first-order valence-electron chi connectivity index (χ1n) is 4.98. The summed E-state index contributed by atoms with van der Waals surface area (Å²) in [5.41, 5.74) is 0.732. The van der Waals surface area contributed by atoms with Crippen LogP contribution in [0.4, 0.5) is 10.1 Å². The Balaban J connectivity index is 2.28. The number of thiol groups is 1. The average Bonchev–Trinajstić information content (AvgIpc) is 2.60. The van der Waals surface area contributed by atoms with E-state index in [1.54, 1.807) is 11.0 Å². The molecule has 1 amide bonds. The molecule has 86 valence electrons. The quantitative estimate of drug-likeness (QED) is 0.833. The van der Waals surface area contributed by atoms with E-state index < -0.39 is 0 Å². The van der Waals surface area contributed by atoms with E-state index in [1.165, 1.54) is 12.1 Å². The SMILES string of the molecule is O=C1CC(CS)CN1c1ccc(F)cc1Br. The van der Waals surface area contributed by atoms with E-state index in [4.69, 9.17) is 0 Å². The highest BCUT2D eigenvalue weighted by Gasteiger charge is 2.30. The van der Waals surface area contributed by atoms with Crippen LogP contribution in [-0.4, -0.2) is 18.2 Å². The summed E-state index contributed by atoms with van der Waals surface area (Å²) in [4.78, 5) is 13.4. The predicted molar refractivity (Wildman–Crippen MR) is 68.4 cm³/mol. The molecule has 0 saturated carbocycles. The van der Waals surface area contributed by atoms with Gasteiger partial charge in [-0.2, -0.15) is 12.6 Å². The normalized spacial score (nSPS) is 20.6. The first kappa shape index (κ1) is 11.9. The molecule has 2 nitrogen and oxygen atoms in total. The first-order chi connectivity index (χ1) is 7.61. The number of hydrogen-bond donors (Lipinski definition) is 1. The minimum Gasteiger partial charge on any atom is -0.311 e. The summed E-state index contributed by atoms with van der Waals surface area (Å²) >= 11 is 7.47. The van der Waals surface area contributed by atoms with Crippen LogP contribution in [0.1, 0.15) is 6.42 Å². The van der Waals surface area contributed by atoms with Gasteiger partial charge in [-0.15, -0.1) is 0 Å². The number of carbonyl (C=O) groups excluding carboxylic acids is 1. The Labute approximate surface area is 107 Å². The molecule has 1 heterocycles. The molecule has 0 aliphatic carbocycles. The Morgan fingerprint density at radius 1 is 1.56 bits per heavy atom. The molecule has 1 aromatic rings. The van der Waals surface area contributed by atoms with Crippen LogP contribution in [0.2, 0.25) is 0 Å². The van der Waals surface area contributed by atoms with Crippen LogP contribution in [-0.2, 0) is 4.79 Å². The van der Waals surface area contributed by atoms with E-state index in [9.17, 15) is 9.18 Å². The topological polar surface area (TPSA) is 20.3 Å². The van der Waals surface area contributed by atoms with E-state index in [0.29, 0.717) is 23.2 Å². The van der Waals surface area contributed by atoms with Crippen LogP contribution in [0, 0.1) is 11.7 Å². The summed E-state index contributed by atoms with van der Waals surface area (Å²) in [6, 6.07) is 4.36. The minimum atomic E-state index is -0.312. The highest BCUT2D eigenvalue weighted by molar-refractivity contribution is 9.10. The molecule has 0 N–H and O–H groups in total. The maximum absolute atomic E-state index is 12.9. The number of hydrogen-bond acceptors (Lipinski definition) is 2. The van der Waals surface area contributed by atoms with E-state index in [-0.39, 0.29) is 17.6 Å². The van der Waals surface area contributed by atoms with E-state index >= 15 is 0 Å². The van der Waals surface area contributed by atoms with Crippen molar-refractivity contribution < 1.29 is 9.18 Å². The zero-order valence-corrected chi connectivity index (χ0v) is 11.0. The molecule has 16 heavy (non-hydrogen) atoms. The largest absolute Gasteiger partial charge is 0.311 e. The lowest BCUT2D eigenvalue weighted by Crippen LogP contribution is -2.25. The second-order valence-corrected chi connectivity index (χ2v) is 5.07. The fourth-order valence-electron chi connectivity index (χ4n) is 1.84. The number of benzene rings is 1. The molecule has 1 saturated heterocycles. The Kier molecular flexibility index (Phi) is 3.54. The molecule has 0 aromatic heterocycles. The van der Waals surface area contributed by atoms with E-state index in [0.717, 1.165) is 5.69 Å². The summed E-state index contributed by atoms with van der Waals surface area (Å²) in [5, 5.41) is 0. The summed E-state index contributed by atoms with van der Waals surface area (Å²) < 4.78 is 13.5. The van der Waals surface area contributed by atoms with Crippen LogP contribution in [0.3, 0.4) is 0 Å². The van der Waals surface area contributed by atoms with Gasteiger partial charge in [0.25, 0.3) is 0 Å². The second kappa shape index (κ2) is 4.75. The van der Waals surface area contributed by atoms with Crippen LogP contribution < -0.4 is 4.90 Å². The molecule has 1 aliphatic heterocycles. The minimum absolute atomic E-state index is 0.0753. The van der Waals surface area contributed by atoms with Gasteiger partial charge in [-0.25, -0.2) is 4.39 Å². The Hall–Kier alpha value is -0.550. The number of amides is 1. The summed E-state index contributed by atoms with van der Waals surface area (Å²) in [7, 11) is 0. The van der Waals surface area contributed by atoms with Gasteiger partial charge in [0.05, 0.1) is 5.69 Å². The van der Waals surface area contributed by atoms with Gasteiger partial charge < -0.3 is 4.90 Å². The smallest absolute Gasteiger partial charge is 0.227 e. The van der Waals surface area contributed by atoms with Crippen LogP contribution in [0.25, 0.3) is 0 Å². The lowest BCUT2D eigenvalue weighted by molar-refractivity contribution is -0.117. The summed E-state index contributed by atoms with van der Waals surface area (Å²) in [6.45, 7) is 0.659. The molecule has 0 bridgehead atoms. The molecule has 1 fully saturated rings. The first-order valence-corrected chi connectivity index (χ1v) is 6.40. The predicted octanol–water partition coefficient (Wildman–Crippen LogP) is 2.87. The van der Waals surface area contributed by atoms with Gasteiger partial charge in [-0.3, -0.25) is 4.79 Å². The standard InChI is InChI=1S/C11H11BrFNOS/c12-9-4-8(13)1-2-10(9)14-5-7(6-16)3-11(14)15/h1-2,4,7,16H,3,5-6H2. The number of rotatable bonds is 2. The van der Waals surface area contributed by atoms with E-state index in [1.807, 2.05) is 0 Å². The number of halogens is 2. The monoisotopic (exact) mass is 303 g/mol. The van der Waals surface area contributed by atoms with Gasteiger partial charge in [-0.1, -0.05) is 0 Å². The van der Waals surface area contributed by atoms with Gasteiger partial charge in [-0.05, 0) is 45.8 Å². The van der Waals surface area contributed by atoms with Gasteiger partial charge in [0, 0.05) is 17.4 Å². The Bertz CT molecular complexity index is 426. The van der Waals surface area contributed by atoms with Gasteiger partial charge in [0.1, 0.15) is 5.82 Å². The van der Waals surface area contributed by atoms with Crippen molar-refractivity contribution in [1.82, 2.24) is 0 Å². The van der Waals surface area contributed by atoms with Crippen molar-refractivity contribution in [1.29, 1.82) is 0 Å². The average molecular weight is 304 g/mol. The molecular weight excluding hydrogens is 293 g/mol. The van der Waals surface area contributed by atoms with Gasteiger partial charge >= 0.3 is 0 Å². The van der Waals surface area contributed by atoms with Crippen LogP contribution in [0.15, 0.2) is 22.7 Å². The van der Waals surface area contributed by atoms with E-state index in [2.05, 4.69) is 28.6 Å². The van der Waals surface area contributed by atoms with Crippen molar-refractivity contribution in [2.75, 3.05) is 17.2 Å². The molecule has 0 radical (unpaired) electrons. The van der Waals surface area contributed by atoms with Crippen molar-refractivity contribution >= 4 is 40.2 Å². The lowest BCUT2D eigenvalue weighted by Gasteiger charge is -2.18. The van der Waals surface area contributed by atoms with Crippen LogP contribution >= 0.6 is 28.6 Å². The molecule has 1 aromatic carbocycles.